The Hall–Kier alpha value is -4.60. The van der Waals surface area contributed by atoms with Gasteiger partial charge in [-0.05, 0) is 42.5 Å². The van der Waals surface area contributed by atoms with Crippen LogP contribution in [0.15, 0.2) is 83.8 Å². The highest BCUT2D eigenvalue weighted by Gasteiger charge is 2.20. The average molecular weight is 499 g/mol. The maximum Gasteiger partial charge on any atom is 0.339 e. The molecule has 0 atom stereocenters. The number of esters is 1. The number of hydrogen-bond acceptors (Lipinski definition) is 7. The minimum absolute atomic E-state index is 0.0238. The third-order valence-electron chi connectivity index (χ3n) is 4.88. The second-order valence-corrected chi connectivity index (χ2v) is 8.41. The summed E-state index contributed by atoms with van der Waals surface area (Å²) in [5.41, 5.74) is 1.78. The molecule has 8 nitrogen and oxygen atoms in total. The quantitative estimate of drug-likeness (QED) is 0.325. The first kappa shape index (κ1) is 26.0. The lowest BCUT2D eigenvalue weighted by molar-refractivity contribution is -0.121. The largest absolute Gasteiger partial charge is 0.452 e. The number of anilines is 2. The van der Waals surface area contributed by atoms with E-state index in [1.54, 1.807) is 72.8 Å². The van der Waals surface area contributed by atoms with E-state index in [2.05, 4.69) is 5.32 Å². The number of thioether (sulfide) groups is 1. The predicted molar refractivity (Wildman–Crippen MR) is 136 cm³/mol. The second kappa shape index (κ2) is 13.3. The molecule has 0 fully saturated rings. The molecule has 0 heterocycles. The molecule has 3 aromatic rings. The molecule has 0 aliphatic rings. The number of ether oxygens (including phenoxy) is 1. The molecule has 2 amide bonds. The molecule has 36 heavy (non-hydrogen) atoms. The highest BCUT2D eigenvalue weighted by atomic mass is 32.2. The first-order chi connectivity index (χ1) is 17.5. The van der Waals surface area contributed by atoms with Crippen LogP contribution in [0.25, 0.3) is 0 Å². The number of nitriles is 2. The molecular weight excluding hydrogens is 476 g/mol. The van der Waals surface area contributed by atoms with Crippen LogP contribution < -0.4 is 10.2 Å². The summed E-state index contributed by atoms with van der Waals surface area (Å²) < 4.78 is 5.28. The molecule has 3 aromatic carbocycles. The van der Waals surface area contributed by atoms with Crippen LogP contribution in [0.3, 0.4) is 0 Å². The minimum Gasteiger partial charge on any atom is -0.452 e. The van der Waals surface area contributed by atoms with Crippen LogP contribution in [0.1, 0.15) is 22.3 Å². The number of hydrogen-bond donors (Lipinski definition) is 1. The van der Waals surface area contributed by atoms with Gasteiger partial charge in [0.15, 0.2) is 6.61 Å². The first-order valence-corrected chi connectivity index (χ1v) is 11.9. The van der Waals surface area contributed by atoms with E-state index in [0.29, 0.717) is 21.8 Å². The number of carbonyl (C=O) groups is 3. The summed E-state index contributed by atoms with van der Waals surface area (Å²) in [6.45, 7) is -0.316. The van der Waals surface area contributed by atoms with Crippen molar-refractivity contribution in [1.82, 2.24) is 0 Å². The number of nitrogens with one attached hydrogen (secondary N) is 1. The highest BCUT2D eigenvalue weighted by Crippen LogP contribution is 2.24. The van der Waals surface area contributed by atoms with Crippen molar-refractivity contribution in [3.05, 3.63) is 90.0 Å². The van der Waals surface area contributed by atoms with E-state index < -0.39 is 18.5 Å². The molecule has 0 aromatic heterocycles. The van der Waals surface area contributed by atoms with Gasteiger partial charge in [-0.3, -0.25) is 9.59 Å². The Kier molecular flexibility index (Phi) is 9.63. The lowest BCUT2D eigenvalue weighted by atomic mass is 10.2. The number of para-hydroxylation sites is 1. The number of rotatable bonds is 10. The van der Waals surface area contributed by atoms with Crippen molar-refractivity contribution >= 4 is 40.9 Å². The van der Waals surface area contributed by atoms with Gasteiger partial charge in [-0.15, -0.1) is 11.8 Å². The smallest absolute Gasteiger partial charge is 0.339 e. The highest BCUT2D eigenvalue weighted by molar-refractivity contribution is 8.00. The Bertz CT molecular complexity index is 1320. The molecule has 0 spiro atoms. The third kappa shape index (κ3) is 7.45. The molecule has 0 aliphatic carbocycles. The molecular formula is C27H22N4O4S. The van der Waals surface area contributed by atoms with Crippen molar-refractivity contribution in [2.45, 2.75) is 11.3 Å². The molecule has 3 rings (SSSR count). The third-order valence-corrected chi connectivity index (χ3v) is 5.96. The topological polar surface area (TPSA) is 123 Å². The maximum atomic E-state index is 12.8. The Morgan fingerprint density at radius 1 is 0.944 bits per heavy atom. The van der Waals surface area contributed by atoms with Crippen LogP contribution >= 0.6 is 11.8 Å². The number of amides is 2. The number of carbonyl (C=O) groups excluding carboxylic acids is 3. The van der Waals surface area contributed by atoms with Crippen molar-refractivity contribution in [2.24, 2.45) is 0 Å². The van der Waals surface area contributed by atoms with Crippen molar-refractivity contribution in [1.29, 1.82) is 10.5 Å². The fourth-order valence-corrected chi connectivity index (χ4v) is 4.06. The summed E-state index contributed by atoms with van der Waals surface area (Å²) in [7, 11) is 0. The standard InChI is InChI=1S/C27H22N4O4S/c28-14-7-15-31(22-10-2-1-3-11-22)26(33)18-35-27(34)23-12-4-5-13-24(23)36-19-25(32)30-21-9-6-8-20(16-21)17-29/h1-6,8-13,16H,7,15,18-19H2,(H,30,32). The zero-order valence-electron chi connectivity index (χ0n) is 19.2. The van der Waals surface area contributed by atoms with Crippen molar-refractivity contribution < 1.29 is 19.1 Å². The summed E-state index contributed by atoms with van der Waals surface area (Å²) in [5, 5.41) is 20.6. The molecule has 9 heteroatoms. The lowest BCUT2D eigenvalue weighted by Crippen LogP contribution is -2.35. The Labute approximate surface area is 213 Å². The van der Waals surface area contributed by atoms with Crippen LogP contribution in [-0.4, -0.2) is 36.7 Å². The van der Waals surface area contributed by atoms with Gasteiger partial charge in [-0.25, -0.2) is 4.79 Å². The molecule has 0 radical (unpaired) electrons. The summed E-state index contributed by atoms with van der Waals surface area (Å²) in [6, 6.07) is 26.1. The zero-order valence-corrected chi connectivity index (χ0v) is 20.0. The summed E-state index contributed by atoms with van der Waals surface area (Å²) in [6.07, 6.45) is 0.136. The van der Waals surface area contributed by atoms with E-state index in [-0.39, 0.29) is 30.2 Å². The van der Waals surface area contributed by atoms with E-state index in [9.17, 15) is 14.4 Å². The average Bonchev–Trinajstić information content (AvgIpc) is 2.91. The van der Waals surface area contributed by atoms with Gasteiger partial charge in [0.1, 0.15) is 0 Å². The monoisotopic (exact) mass is 498 g/mol. The van der Waals surface area contributed by atoms with Gasteiger partial charge < -0.3 is 15.0 Å². The molecule has 0 saturated heterocycles. The number of nitrogens with zero attached hydrogens (tertiary/aromatic N) is 3. The predicted octanol–water partition coefficient (Wildman–Crippen LogP) is 4.39. The molecule has 1 N–H and O–H groups in total. The molecule has 0 unspecified atom stereocenters. The fourth-order valence-electron chi connectivity index (χ4n) is 3.22. The van der Waals surface area contributed by atoms with Gasteiger partial charge in [0.2, 0.25) is 5.91 Å². The summed E-state index contributed by atoms with van der Waals surface area (Å²) >= 11 is 1.15. The minimum atomic E-state index is -0.693. The SMILES string of the molecule is N#CCCN(C(=O)COC(=O)c1ccccc1SCC(=O)Nc1cccc(C#N)c1)c1ccccc1. The van der Waals surface area contributed by atoms with E-state index in [0.717, 1.165) is 11.8 Å². The Balaban J connectivity index is 1.60. The molecule has 180 valence electrons. The van der Waals surface area contributed by atoms with Gasteiger partial charge in [0.25, 0.3) is 5.91 Å². The summed E-state index contributed by atoms with van der Waals surface area (Å²) in [4.78, 5) is 39.8. The van der Waals surface area contributed by atoms with Gasteiger partial charge in [0.05, 0.1) is 35.4 Å². The van der Waals surface area contributed by atoms with Crippen LogP contribution in [-0.2, 0) is 14.3 Å². The normalized spacial score (nSPS) is 9.94. The fraction of sp³-hybridized carbons (Fsp3) is 0.148. The van der Waals surface area contributed by atoms with Crippen LogP contribution in [0.2, 0.25) is 0 Å². The second-order valence-electron chi connectivity index (χ2n) is 7.39. The van der Waals surface area contributed by atoms with E-state index in [4.69, 9.17) is 15.3 Å². The van der Waals surface area contributed by atoms with Crippen LogP contribution in [0.5, 0.6) is 0 Å². The van der Waals surface area contributed by atoms with Gasteiger partial charge in [0, 0.05) is 22.8 Å². The summed E-state index contributed by atoms with van der Waals surface area (Å²) in [5.74, 6) is -1.42. The van der Waals surface area contributed by atoms with Gasteiger partial charge in [-0.1, -0.05) is 36.4 Å². The van der Waals surface area contributed by atoms with Crippen LogP contribution in [0, 0.1) is 22.7 Å². The maximum absolute atomic E-state index is 12.8. The molecule has 0 saturated carbocycles. The van der Waals surface area contributed by atoms with Crippen LogP contribution in [0.4, 0.5) is 11.4 Å². The molecule has 0 bridgehead atoms. The zero-order chi connectivity index (χ0) is 25.8. The Morgan fingerprint density at radius 3 is 2.44 bits per heavy atom. The number of benzene rings is 3. The molecule has 0 aliphatic heterocycles. The van der Waals surface area contributed by atoms with E-state index in [1.165, 1.54) is 4.90 Å². The van der Waals surface area contributed by atoms with Crippen molar-refractivity contribution in [3.8, 4) is 12.1 Å². The van der Waals surface area contributed by atoms with E-state index >= 15 is 0 Å². The van der Waals surface area contributed by atoms with E-state index in [1.807, 2.05) is 18.2 Å². The Morgan fingerprint density at radius 2 is 1.69 bits per heavy atom. The van der Waals surface area contributed by atoms with Gasteiger partial charge in [-0.2, -0.15) is 10.5 Å². The first-order valence-electron chi connectivity index (χ1n) is 10.9. The van der Waals surface area contributed by atoms with Gasteiger partial charge >= 0.3 is 5.97 Å². The van der Waals surface area contributed by atoms with Crippen molar-refractivity contribution in [3.63, 3.8) is 0 Å². The van der Waals surface area contributed by atoms with Crippen molar-refractivity contribution in [2.75, 3.05) is 29.1 Å². The lowest BCUT2D eigenvalue weighted by Gasteiger charge is -2.21.